The maximum atomic E-state index is 14.2. The standard InChI is InChI=1S/C33H43N3O6S/c1-8-9-16-34-33(38)26(5)35(21-27-12-10-23(2)11-13-27)32(37)22-36(28-18-24(3)17-25(4)19-28)43(39,40)29-14-15-30(41-6)31(20-29)42-7/h10-15,17-20,26H,8-9,16,21-22H2,1-7H3,(H,34,38)/t26-/m0/s1. The van der Waals surface area contributed by atoms with Crippen molar-refractivity contribution in [2.45, 2.75) is 64.9 Å². The lowest BCUT2D eigenvalue weighted by atomic mass is 10.1. The van der Waals surface area contributed by atoms with Crippen molar-refractivity contribution in [2.75, 3.05) is 31.6 Å². The van der Waals surface area contributed by atoms with E-state index >= 15 is 0 Å². The van der Waals surface area contributed by atoms with Crippen LogP contribution in [-0.2, 0) is 26.2 Å². The van der Waals surface area contributed by atoms with Crippen LogP contribution in [0.2, 0.25) is 0 Å². The number of aryl methyl sites for hydroxylation is 3. The van der Waals surface area contributed by atoms with Crippen molar-refractivity contribution in [3.05, 3.63) is 82.9 Å². The Kier molecular flexibility index (Phi) is 11.6. The monoisotopic (exact) mass is 609 g/mol. The lowest BCUT2D eigenvalue weighted by Gasteiger charge is -2.32. The van der Waals surface area contributed by atoms with E-state index < -0.39 is 28.5 Å². The molecule has 0 saturated heterocycles. The number of sulfonamides is 1. The van der Waals surface area contributed by atoms with Gasteiger partial charge in [0.2, 0.25) is 11.8 Å². The second-order valence-corrected chi connectivity index (χ2v) is 12.6. The summed E-state index contributed by atoms with van der Waals surface area (Å²) in [6, 6.07) is 16.5. The van der Waals surface area contributed by atoms with Gasteiger partial charge in [-0.1, -0.05) is 49.2 Å². The Balaban J connectivity index is 2.08. The maximum Gasteiger partial charge on any atom is 0.264 e. The van der Waals surface area contributed by atoms with E-state index in [2.05, 4.69) is 5.32 Å². The van der Waals surface area contributed by atoms with Crippen molar-refractivity contribution < 1.29 is 27.5 Å². The molecule has 0 aromatic heterocycles. The molecular formula is C33H43N3O6S. The highest BCUT2D eigenvalue weighted by atomic mass is 32.2. The van der Waals surface area contributed by atoms with Crippen molar-refractivity contribution in [1.29, 1.82) is 0 Å². The van der Waals surface area contributed by atoms with Gasteiger partial charge in [0, 0.05) is 19.2 Å². The molecule has 0 aliphatic heterocycles. The number of anilines is 1. The van der Waals surface area contributed by atoms with Gasteiger partial charge in [-0.15, -0.1) is 0 Å². The molecule has 0 radical (unpaired) electrons. The summed E-state index contributed by atoms with van der Waals surface area (Å²) >= 11 is 0. The molecule has 0 unspecified atom stereocenters. The lowest BCUT2D eigenvalue weighted by Crippen LogP contribution is -2.51. The number of rotatable bonds is 14. The van der Waals surface area contributed by atoms with Gasteiger partial charge in [0.15, 0.2) is 11.5 Å². The number of unbranched alkanes of at least 4 members (excludes halogenated alkanes) is 1. The third kappa shape index (κ3) is 8.50. The molecule has 0 heterocycles. The fourth-order valence-electron chi connectivity index (χ4n) is 4.74. The second kappa shape index (κ2) is 14.9. The number of ether oxygens (including phenoxy) is 2. The summed E-state index contributed by atoms with van der Waals surface area (Å²) in [6.45, 7) is 9.51. The van der Waals surface area contributed by atoms with Crippen molar-refractivity contribution in [3.63, 3.8) is 0 Å². The van der Waals surface area contributed by atoms with E-state index in [-0.39, 0.29) is 23.1 Å². The van der Waals surface area contributed by atoms with Crippen LogP contribution in [0, 0.1) is 20.8 Å². The van der Waals surface area contributed by atoms with Gasteiger partial charge in [-0.3, -0.25) is 13.9 Å². The first kappa shape index (κ1) is 33.5. The summed E-state index contributed by atoms with van der Waals surface area (Å²) in [5.41, 5.74) is 3.92. The highest BCUT2D eigenvalue weighted by Gasteiger charge is 2.33. The summed E-state index contributed by atoms with van der Waals surface area (Å²) in [6.07, 6.45) is 1.73. The van der Waals surface area contributed by atoms with Crippen molar-refractivity contribution in [2.24, 2.45) is 0 Å². The summed E-state index contributed by atoms with van der Waals surface area (Å²) < 4.78 is 40.2. The number of hydrogen-bond donors (Lipinski definition) is 1. The smallest absolute Gasteiger partial charge is 0.264 e. The van der Waals surface area contributed by atoms with Crippen LogP contribution in [0.4, 0.5) is 5.69 Å². The molecular weight excluding hydrogens is 566 g/mol. The van der Waals surface area contributed by atoms with Crippen molar-refractivity contribution >= 4 is 27.5 Å². The molecule has 3 aromatic rings. The molecule has 0 saturated carbocycles. The number of nitrogens with one attached hydrogen (secondary N) is 1. The van der Waals surface area contributed by atoms with E-state index in [1.807, 2.05) is 58.0 Å². The predicted molar refractivity (Wildman–Crippen MR) is 169 cm³/mol. The van der Waals surface area contributed by atoms with Crippen LogP contribution in [0.3, 0.4) is 0 Å². The molecule has 0 bridgehead atoms. The number of hydrogen-bond acceptors (Lipinski definition) is 6. The fraction of sp³-hybridized carbons (Fsp3) is 0.394. The fourth-order valence-corrected chi connectivity index (χ4v) is 6.15. The predicted octanol–water partition coefficient (Wildman–Crippen LogP) is 5.16. The summed E-state index contributed by atoms with van der Waals surface area (Å²) in [4.78, 5) is 28.7. The Morgan fingerprint density at radius 1 is 0.860 bits per heavy atom. The number of benzene rings is 3. The van der Waals surface area contributed by atoms with E-state index in [1.54, 1.807) is 19.1 Å². The van der Waals surface area contributed by atoms with Gasteiger partial charge >= 0.3 is 0 Å². The van der Waals surface area contributed by atoms with Gasteiger partial charge in [-0.2, -0.15) is 0 Å². The van der Waals surface area contributed by atoms with Crippen LogP contribution in [0.1, 0.15) is 48.9 Å². The zero-order valence-electron chi connectivity index (χ0n) is 26.1. The first-order valence-electron chi connectivity index (χ1n) is 14.4. The average molecular weight is 610 g/mol. The molecule has 0 aliphatic carbocycles. The molecule has 9 nitrogen and oxygen atoms in total. The number of amides is 2. The van der Waals surface area contributed by atoms with Crippen LogP contribution < -0.4 is 19.1 Å². The number of nitrogens with zero attached hydrogens (tertiary/aromatic N) is 2. The normalized spacial score (nSPS) is 11.9. The van der Waals surface area contributed by atoms with E-state index in [0.717, 1.165) is 39.4 Å². The zero-order chi connectivity index (χ0) is 31.7. The van der Waals surface area contributed by atoms with Gasteiger partial charge in [0.25, 0.3) is 10.0 Å². The molecule has 1 N–H and O–H groups in total. The summed E-state index contributed by atoms with van der Waals surface area (Å²) in [7, 11) is -1.37. The lowest BCUT2D eigenvalue weighted by molar-refractivity contribution is -0.139. The van der Waals surface area contributed by atoms with E-state index in [4.69, 9.17) is 9.47 Å². The molecule has 10 heteroatoms. The van der Waals surface area contributed by atoms with E-state index in [0.29, 0.717) is 18.0 Å². The average Bonchev–Trinajstić information content (AvgIpc) is 2.98. The first-order chi connectivity index (χ1) is 20.4. The van der Waals surface area contributed by atoms with Crippen molar-refractivity contribution in [3.8, 4) is 11.5 Å². The zero-order valence-corrected chi connectivity index (χ0v) is 27.0. The Bertz CT molecular complexity index is 1500. The van der Waals surface area contributed by atoms with Gasteiger partial charge in [0.05, 0.1) is 24.8 Å². The van der Waals surface area contributed by atoms with E-state index in [1.165, 1.54) is 37.3 Å². The molecule has 0 aliphatic rings. The summed E-state index contributed by atoms with van der Waals surface area (Å²) in [5, 5.41) is 2.90. The Labute approximate surface area is 255 Å². The number of carbonyl (C=O) groups is 2. The Hall–Kier alpha value is -4.05. The largest absolute Gasteiger partial charge is 0.493 e. The molecule has 0 fully saturated rings. The van der Waals surface area contributed by atoms with Gasteiger partial charge in [0.1, 0.15) is 12.6 Å². The highest BCUT2D eigenvalue weighted by Crippen LogP contribution is 2.33. The molecule has 43 heavy (non-hydrogen) atoms. The third-order valence-electron chi connectivity index (χ3n) is 7.19. The quantitative estimate of drug-likeness (QED) is 0.253. The number of carbonyl (C=O) groups excluding carboxylic acids is 2. The second-order valence-electron chi connectivity index (χ2n) is 10.7. The minimum Gasteiger partial charge on any atom is -0.493 e. The van der Waals surface area contributed by atoms with Gasteiger partial charge in [-0.05, 0) is 75.1 Å². The molecule has 2 amide bonds. The Morgan fingerprint density at radius 2 is 1.49 bits per heavy atom. The first-order valence-corrected chi connectivity index (χ1v) is 15.8. The molecule has 1 atom stereocenters. The van der Waals surface area contributed by atoms with Crippen LogP contribution in [0.5, 0.6) is 11.5 Å². The Morgan fingerprint density at radius 3 is 2.07 bits per heavy atom. The van der Waals surface area contributed by atoms with Gasteiger partial charge < -0.3 is 19.7 Å². The van der Waals surface area contributed by atoms with Crippen LogP contribution in [0.15, 0.2) is 65.6 Å². The van der Waals surface area contributed by atoms with Gasteiger partial charge in [-0.25, -0.2) is 8.42 Å². The third-order valence-corrected chi connectivity index (χ3v) is 8.96. The molecule has 3 rings (SSSR count). The maximum absolute atomic E-state index is 14.2. The molecule has 0 spiro atoms. The summed E-state index contributed by atoms with van der Waals surface area (Å²) in [5.74, 6) is -0.187. The van der Waals surface area contributed by atoms with Crippen LogP contribution in [-0.4, -0.2) is 58.5 Å². The van der Waals surface area contributed by atoms with E-state index in [9.17, 15) is 18.0 Å². The van der Waals surface area contributed by atoms with Crippen LogP contribution in [0.25, 0.3) is 0 Å². The topological polar surface area (TPSA) is 105 Å². The minimum absolute atomic E-state index is 0.0625. The molecule has 232 valence electrons. The highest BCUT2D eigenvalue weighted by molar-refractivity contribution is 7.92. The molecule has 3 aromatic carbocycles. The minimum atomic E-state index is -4.27. The van der Waals surface area contributed by atoms with Crippen LogP contribution >= 0.6 is 0 Å². The SMILES string of the molecule is CCCCNC(=O)[C@H](C)N(Cc1ccc(C)cc1)C(=O)CN(c1cc(C)cc(C)c1)S(=O)(=O)c1ccc(OC)c(OC)c1. The van der Waals surface area contributed by atoms with Crippen molar-refractivity contribution in [1.82, 2.24) is 10.2 Å². The number of methoxy groups -OCH3 is 2.